The maximum atomic E-state index is 13.0. The Balaban J connectivity index is 2.29. The van der Waals surface area contributed by atoms with Crippen LogP contribution >= 0.6 is 11.3 Å². The molecule has 140 valence electrons. The maximum Gasteiger partial charge on any atom is 0.352 e. The number of aromatic nitrogens is 4. The van der Waals surface area contributed by atoms with Crippen LogP contribution in [0.1, 0.15) is 56.8 Å². The Labute approximate surface area is 156 Å². The summed E-state index contributed by atoms with van der Waals surface area (Å²) in [5, 5.41) is 8.26. The quantitative estimate of drug-likeness (QED) is 0.743. The average Bonchev–Trinajstić information content (AvgIpc) is 3.02. The number of amides is 1. The van der Waals surface area contributed by atoms with Gasteiger partial charge in [0.15, 0.2) is 5.65 Å². The number of hydrogen-bond acceptors (Lipinski definition) is 5. The highest BCUT2D eigenvalue weighted by molar-refractivity contribution is 7.18. The van der Waals surface area contributed by atoms with Crippen LogP contribution in [0.2, 0.25) is 0 Å². The third-order valence-corrected chi connectivity index (χ3v) is 5.35. The van der Waals surface area contributed by atoms with Crippen LogP contribution in [0.25, 0.3) is 15.9 Å². The zero-order chi connectivity index (χ0) is 19.2. The molecule has 3 aromatic heterocycles. The number of thiophene rings is 1. The largest absolute Gasteiger partial charge is 0.352 e. The zero-order valence-electron chi connectivity index (χ0n) is 16.1. The minimum atomic E-state index is -0.317. The second-order valence-electron chi connectivity index (χ2n) is 7.12. The van der Waals surface area contributed by atoms with Crippen molar-refractivity contribution in [1.82, 2.24) is 24.5 Å². The topological polar surface area (TPSA) is 81.3 Å². The molecular formula is C18H25N5O2S. The predicted molar refractivity (Wildman–Crippen MR) is 104 cm³/mol. The predicted octanol–water partition coefficient (Wildman–Crippen LogP) is 2.62. The molecule has 0 saturated heterocycles. The number of carbonyl (C=O) groups excluding carboxylic acids is 1. The van der Waals surface area contributed by atoms with Crippen molar-refractivity contribution in [3.8, 4) is 0 Å². The van der Waals surface area contributed by atoms with E-state index in [1.807, 2.05) is 27.7 Å². The number of carbonyl (C=O) groups is 1. The van der Waals surface area contributed by atoms with Crippen LogP contribution in [0.4, 0.5) is 0 Å². The summed E-state index contributed by atoms with van der Waals surface area (Å²) >= 11 is 1.63. The third-order valence-electron chi connectivity index (χ3n) is 4.31. The molecule has 0 aliphatic heterocycles. The van der Waals surface area contributed by atoms with Gasteiger partial charge in [-0.3, -0.25) is 4.79 Å². The molecule has 26 heavy (non-hydrogen) atoms. The highest BCUT2D eigenvalue weighted by Gasteiger charge is 2.22. The van der Waals surface area contributed by atoms with Crippen LogP contribution in [0.5, 0.6) is 0 Å². The van der Waals surface area contributed by atoms with E-state index >= 15 is 0 Å². The van der Waals surface area contributed by atoms with Crippen LogP contribution in [0, 0.1) is 6.92 Å². The molecule has 0 aliphatic rings. The Bertz CT molecular complexity index is 1040. The van der Waals surface area contributed by atoms with Crippen molar-refractivity contribution in [3.05, 3.63) is 26.7 Å². The van der Waals surface area contributed by atoms with Crippen molar-refractivity contribution in [1.29, 1.82) is 0 Å². The molecule has 0 atom stereocenters. The zero-order valence-corrected chi connectivity index (χ0v) is 16.9. The molecule has 0 fully saturated rings. The molecule has 3 heterocycles. The lowest BCUT2D eigenvalue weighted by Crippen LogP contribution is -2.36. The second kappa shape index (κ2) is 6.83. The summed E-state index contributed by atoms with van der Waals surface area (Å²) in [6.07, 6.45) is 0.846. The first-order valence-electron chi connectivity index (χ1n) is 8.95. The summed E-state index contributed by atoms with van der Waals surface area (Å²) < 4.78 is 2.81. The summed E-state index contributed by atoms with van der Waals surface area (Å²) in [4.78, 5) is 32.0. The van der Waals surface area contributed by atoms with Crippen molar-refractivity contribution >= 4 is 33.1 Å². The maximum absolute atomic E-state index is 13.0. The van der Waals surface area contributed by atoms with E-state index in [-0.39, 0.29) is 30.1 Å². The fourth-order valence-corrected chi connectivity index (χ4v) is 4.34. The van der Waals surface area contributed by atoms with Crippen LogP contribution in [-0.4, -0.2) is 31.1 Å². The summed E-state index contributed by atoms with van der Waals surface area (Å²) in [5.41, 5.74) is 1.45. The summed E-state index contributed by atoms with van der Waals surface area (Å²) in [6, 6.07) is 0.0149. The van der Waals surface area contributed by atoms with E-state index in [9.17, 15) is 9.59 Å². The van der Waals surface area contributed by atoms with Gasteiger partial charge in [-0.25, -0.2) is 18.9 Å². The first-order valence-corrected chi connectivity index (χ1v) is 9.77. The number of fused-ring (bicyclic) bond motifs is 3. The lowest BCUT2D eigenvalue weighted by molar-refractivity contribution is -0.122. The van der Waals surface area contributed by atoms with Gasteiger partial charge in [-0.1, -0.05) is 20.8 Å². The van der Waals surface area contributed by atoms with Crippen molar-refractivity contribution in [3.63, 3.8) is 0 Å². The molecule has 0 aromatic carbocycles. The molecule has 0 unspecified atom stereocenters. The van der Waals surface area contributed by atoms with Crippen LogP contribution in [0.3, 0.4) is 0 Å². The molecule has 0 bridgehead atoms. The highest BCUT2D eigenvalue weighted by atomic mass is 32.1. The number of nitrogens with one attached hydrogen (secondary N) is 1. The third kappa shape index (κ3) is 3.02. The second-order valence-corrected chi connectivity index (χ2v) is 8.32. The molecular weight excluding hydrogens is 350 g/mol. The first kappa shape index (κ1) is 18.6. The van der Waals surface area contributed by atoms with E-state index < -0.39 is 0 Å². The van der Waals surface area contributed by atoms with Crippen molar-refractivity contribution in [2.75, 3.05) is 0 Å². The van der Waals surface area contributed by atoms with Crippen molar-refractivity contribution in [2.24, 2.45) is 0 Å². The minimum Gasteiger partial charge on any atom is -0.352 e. The van der Waals surface area contributed by atoms with Gasteiger partial charge in [0, 0.05) is 16.8 Å². The molecule has 0 spiro atoms. The SMILES string of the molecule is CCc1c(C)sc2nc(C(C)C)n3c(=O)n(CC(=O)NC(C)C)nc3c12. The normalized spacial score (nSPS) is 12.0. The number of hydrogen-bond donors (Lipinski definition) is 1. The van der Waals surface area contributed by atoms with Gasteiger partial charge >= 0.3 is 5.69 Å². The Morgan fingerprint density at radius 1 is 1.27 bits per heavy atom. The van der Waals surface area contributed by atoms with E-state index in [1.165, 1.54) is 15.1 Å². The Morgan fingerprint density at radius 3 is 2.54 bits per heavy atom. The average molecular weight is 375 g/mol. The van der Waals surface area contributed by atoms with Gasteiger partial charge in [0.1, 0.15) is 17.2 Å². The molecule has 3 rings (SSSR count). The van der Waals surface area contributed by atoms with E-state index in [0.717, 1.165) is 16.6 Å². The van der Waals surface area contributed by atoms with E-state index in [1.54, 1.807) is 15.7 Å². The highest BCUT2D eigenvalue weighted by Crippen LogP contribution is 2.33. The standard InChI is InChI=1S/C18H25N5O2S/c1-7-12-11(6)26-17-14(12)16-21-22(8-13(24)19-10(4)5)18(25)23(16)15(20-17)9(2)3/h9-10H,7-8H2,1-6H3,(H,19,24). The Kier molecular flexibility index (Phi) is 4.88. The Morgan fingerprint density at radius 2 is 1.96 bits per heavy atom. The molecule has 0 radical (unpaired) electrons. The van der Waals surface area contributed by atoms with Gasteiger partial charge in [-0.15, -0.1) is 16.4 Å². The fraction of sp³-hybridized carbons (Fsp3) is 0.556. The molecule has 8 heteroatoms. The fourth-order valence-electron chi connectivity index (χ4n) is 3.22. The number of aryl methyl sites for hydroxylation is 2. The van der Waals surface area contributed by atoms with E-state index in [2.05, 4.69) is 24.3 Å². The molecule has 3 aromatic rings. The van der Waals surface area contributed by atoms with Crippen LogP contribution in [0.15, 0.2) is 4.79 Å². The van der Waals surface area contributed by atoms with Gasteiger partial charge in [-0.2, -0.15) is 0 Å². The number of nitrogens with zero attached hydrogens (tertiary/aromatic N) is 4. The first-order chi connectivity index (χ1) is 12.2. The lowest BCUT2D eigenvalue weighted by atomic mass is 10.1. The van der Waals surface area contributed by atoms with Gasteiger partial charge in [0.25, 0.3) is 0 Å². The molecule has 0 saturated carbocycles. The van der Waals surface area contributed by atoms with Crippen LogP contribution in [-0.2, 0) is 17.8 Å². The van der Waals surface area contributed by atoms with Crippen molar-refractivity contribution < 1.29 is 4.79 Å². The smallest absolute Gasteiger partial charge is 0.352 e. The van der Waals surface area contributed by atoms with E-state index in [4.69, 9.17) is 4.98 Å². The monoisotopic (exact) mass is 375 g/mol. The van der Waals surface area contributed by atoms with Crippen molar-refractivity contribution in [2.45, 2.75) is 66.5 Å². The van der Waals surface area contributed by atoms with E-state index in [0.29, 0.717) is 11.5 Å². The number of rotatable bonds is 5. The molecule has 1 N–H and O–H groups in total. The van der Waals surface area contributed by atoms with Gasteiger partial charge < -0.3 is 5.32 Å². The molecule has 7 nitrogen and oxygen atoms in total. The lowest BCUT2D eigenvalue weighted by Gasteiger charge is -2.07. The molecule has 1 amide bonds. The molecule has 0 aliphatic carbocycles. The van der Waals surface area contributed by atoms with Gasteiger partial charge in [0.05, 0.1) is 5.39 Å². The summed E-state index contributed by atoms with van der Waals surface area (Å²) in [5.74, 6) is 0.518. The summed E-state index contributed by atoms with van der Waals surface area (Å²) in [6.45, 7) is 11.8. The minimum absolute atomic E-state index is 0.0149. The van der Waals surface area contributed by atoms with Crippen LogP contribution < -0.4 is 11.0 Å². The van der Waals surface area contributed by atoms with Gasteiger partial charge in [-0.05, 0) is 32.8 Å². The van der Waals surface area contributed by atoms with Gasteiger partial charge in [0.2, 0.25) is 5.91 Å². The Hall–Kier alpha value is -2.22. The summed E-state index contributed by atoms with van der Waals surface area (Å²) in [7, 11) is 0.